The molecule has 0 atom stereocenters. The first kappa shape index (κ1) is 19.2. The molecule has 1 aliphatic heterocycles. The third kappa shape index (κ3) is 3.40. The van der Waals surface area contributed by atoms with E-state index in [0.717, 1.165) is 42.1 Å². The Balaban J connectivity index is 1.66. The minimum atomic E-state index is -0.464. The van der Waals surface area contributed by atoms with E-state index < -0.39 is 5.97 Å². The van der Waals surface area contributed by atoms with E-state index in [1.807, 2.05) is 35.9 Å². The third-order valence-electron chi connectivity index (χ3n) is 5.37. The van der Waals surface area contributed by atoms with E-state index in [1.165, 1.54) is 10.7 Å². The molecule has 3 heterocycles. The van der Waals surface area contributed by atoms with Crippen molar-refractivity contribution < 1.29 is 14.3 Å². The highest BCUT2D eigenvalue weighted by Gasteiger charge is 2.26. The Morgan fingerprint density at radius 3 is 2.69 bits per heavy atom. The molecule has 0 fully saturated rings. The highest BCUT2D eigenvalue weighted by atomic mass is 16.5. The van der Waals surface area contributed by atoms with E-state index in [-0.39, 0.29) is 12.2 Å². The van der Waals surface area contributed by atoms with Crippen molar-refractivity contribution in [2.24, 2.45) is 7.05 Å². The summed E-state index contributed by atoms with van der Waals surface area (Å²) in [5, 5.41) is 4.17. The van der Waals surface area contributed by atoms with Crippen LogP contribution in [0.25, 0.3) is 5.65 Å². The number of ether oxygens (including phenoxy) is 2. The van der Waals surface area contributed by atoms with Gasteiger partial charge in [0.15, 0.2) is 5.65 Å². The number of fused-ring (bicyclic) bond motifs is 2. The maximum absolute atomic E-state index is 13.1. The molecule has 4 rings (SSSR count). The number of aromatic nitrogens is 3. The Morgan fingerprint density at radius 2 is 2.00 bits per heavy atom. The summed E-state index contributed by atoms with van der Waals surface area (Å²) in [4.78, 5) is 27.6. The first-order chi connectivity index (χ1) is 14.0. The minimum absolute atomic E-state index is 0.178. The van der Waals surface area contributed by atoms with Crippen LogP contribution in [-0.4, -0.2) is 45.3 Å². The van der Waals surface area contributed by atoms with E-state index in [2.05, 4.69) is 10.00 Å². The number of nitrogens with zero attached hydrogens (tertiary/aromatic N) is 4. The summed E-state index contributed by atoms with van der Waals surface area (Å²) in [6, 6.07) is 7.95. The molecule has 1 aliphatic rings. The predicted octanol–water partition coefficient (Wildman–Crippen LogP) is 1.78. The zero-order valence-corrected chi connectivity index (χ0v) is 16.8. The second-order valence-electron chi connectivity index (χ2n) is 7.11. The van der Waals surface area contributed by atoms with Crippen molar-refractivity contribution in [3.05, 3.63) is 63.2 Å². The number of esters is 1. The number of rotatable bonds is 5. The van der Waals surface area contributed by atoms with Crippen LogP contribution in [0.4, 0.5) is 0 Å². The van der Waals surface area contributed by atoms with Gasteiger partial charge < -0.3 is 14.0 Å². The van der Waals surface area contributed by atoms with Crippen LogP contribution in [0.2, 0.25) is 0 Å². The molecule has 0 unspecified atom stereocenters. The normalized spacial score (nSPS) is 14.0. The summed E-state index contributed by atoms with van der Waals surface area (Å²) in [6.07, 6.45) is 2.14. The molecule has 0 amide bonds. The minimum Gasteiger partial charge on any atom is -0.497 e. The molecule has 0 bridgehead atoms. The lowest BCUT2D eigenvalue weighted by Crippen LogP contribution is -2.38. The van der Waals surface area contributed by atoms with E-state index in [4.69, 9.17) is 9.47 Å². The second kappa shape index (κ2) is 7.71. The number of hydrogen-bond donors (Lipinski definition) is 0. The van der Waals surface area contributed by atoms with Crippen molar-refractivity contribution in [2.75, 3.05) is 20.3 Å². The number of carbonyl (C=O) groups is 1. The molecule has 2 aromatic heterocycles. The average molecular weight is 396 g/mol. The summed E-state index contributed by atoms with van der Waals surface area (Å²) >= 11 is 0. The molecule has 29 heavy (non-hydrogen) atoms. The van der Waals surface area contributed by atoms with Crippen LogP contribution in [0.15, 0.2) is 35.3 Å². The molecule has 1 aromatic carbocycles. The van der Waals surface area contributed by atoms with Crippen LogP contribution in [-0.2, 0) is 31.3 Å². The van der Waals surface area contributed by atoms with Gasteiger partial charge in [-0.3, -0.25) is 9.69 Å². The quantitative estimate of drug-likeness (QED) is 0.612. The number of benzene rings is 1. The van der Waals surface area contributed by atoms with E-state index in [9.17, 15) is 9.59 Å². The molecular formula is C21H24N4O4. The van der Waals surface area contributed by atoms with Gasteiger partial charge >= 0.3 is 5.97 Å². The van der Waals surface area contributed by atoms with Gasteiger partial charge in [-0.15, -0.1) is 0 Å². The van der Waals surface area contributed by atoms with Gasteiger partial charge in [0.05, 0.1) is 25.5 Å². The molecule has 0 saturated heterocycles. The summed E-state index contributed by atoms with van der Waals surface area (Å²) in [5.74, 6) is 0.361. The topological polar surface area (TPSA) is 78.1 Å². The fraction of sp³-hybridized carbons (Fsp3) is 0.381. The Labute approximate surface area is 168 Å². The lowest BCUT2D eigenvalue weighted by molar-refractivity contribution is 0.0528. The smallest absolute Gasteiger partial charge is 0.343 e. The molecule has 152 valence electrons. The van der Waals surface area contributed by atoms with Crippen LogP contribution >= 0.6 is 0 Å². The SMILES string of the molecule is CCOC(=O)c1cnn2c(=O)c3c(n(C)c12)CCN(Cc1ccc(OC)cc1)C3. The fourth-order valence-corrected chi connectivity index (χ4v) is 3.92. The van der Waals surface area contributed by atoms with Crippen LogP contribution in [0.1, 0.15) is 34.1 Å². The first-order valence-electron chi connectivity index (χ1n) is 9.64. The van der Waals surface area contributed by atoms with Crippen molar-refractivity contribution in [1.29, 1.82) is 0 Å². The lowest BCUT2D eigenvalue weighted by atomic mass is 10.1. The van der Waals surface area contributed by atoms with Gasteiger partial charge in [0.1, 0.15) is 11.3 Å². The number of hydrogen-bond acceptors (Lipinski definition) is 6. The van der Waals surface area contributed by atoms with Crippen molar-refractivity contribution >= 4 is 11.6 Å². The molecular weight excluding hydrogens is 372 g/mol. The average Bonchev–Trinajstić information content (AvgIpc) is 3.18. The van der Waals surface area contributed by atoms with Crippen LogP contribution in [0, 0.1) is 0 Å². The van der Waals surface area contributed by atoms with Gasteiger partial charge in [-0.1, -0.05) is 12.1 Å². The van der Waals surface area contributed by atoms with Gasteiger partial charge in [0.2, 0.25) is 0 Å². The fourth-order valence-electron chi connectivity index (χ4n) is 3.92. The predicted molar refractivity (Wildman–Crippen MR) is 107 cm³/mol. The van der Waals surface area contributed by atoms with E-state index in [1.54, 1.807) is 14.0 Å². The van der Waals surface area contributed by atoms with Gasteiger partial charge in [-0.2, -0.15) is 9.61 Å². The first-order valence-corrected chi connectivity index (χ1v) is 9.64. The molecule has 0 N–H and O–H groups in total. The zero-order valence-electron chi connectivity index (χ0n) is 16.8. The summed E-state index contributed by atoms with van der Waals surface area (Å²) in [6.45, 7) is 4.14. The molecule has 8 heteroatoms. The van der Waals surface area contributed by atoms with E-state index in [0.29, 0.717) is 17.8 Å². The number of methoxy groups -OCH3 is 1. The zero-order chi connectivity index (χ0) is 20.5. The lowest BCUT2D eigenvalue weighted by Gasteiger charge is -2.29. The second-order valence-corrected chi connectivity index (χ2v) is 7.11. The van der Waals surface area contributed by atoms with Crippen LogP contribution < -0.4 is 10.3 Å². The standard InChI is InChI=1S/C21H24N4O4/c1-4-29-21(27)16-11-22-25-19(16)23(2)18-9-10-24(13-17(18)20(25)26)12-14-5-7-15(28-3)8-6-14/h5-8,11H,4,9-10,12-13H2,1-3H3. The van der Waals surface area contributed by atoms with Crippen molar-refractivity contribution in [3.8, 4) is 5.75 Å². The number of carbonyl (C=O) groups excluding carboxylic acids is 1. The largest absolute Gasteiger partial charge is 0.497 e. The molecule has 0 saturated carbocycles. The third-order valence-corrected chi connectivity index (χ3v) is 5.37. The van der Waals surface area contributed by atoms with Gasteiger partial charge in [0, 0.05) is 38.8 Å². The van der Waals surface area contributed by atoms with Gasteiger partial charge in [-0.05, 0) is 24.6 Å². The maximum atomic E-state index is 13.1. The Morgan fingerprint density at radius 1 is 1.24 bits per heavy atom. The highest BCUT2D eigenvalue weighted by molar-refractivity contribution is 5.95. The van der Waals surface area contributed by atoms with Gasteiger partial charge in [-0.25, -0.2) is 4.79 Å². The van der Waals surface area contributed by atoms with Crippen LogP contribution in [0.3, 0.4) is 0 Å². The highest BCUT2D eigenvalue weighted by Crippen LogP contribution is 2.22. The molecule has 0 radical (unpaired) electrons. The Kier molecular flexibility index (Phi) is 5.10. The van der Waals surface area contributed by atoms with Crippen molar-refractivity contribution in [3.63, 3.8) is 0 Å². The molecule has 8 nitrogen and oxygen atoms in total. The van der Waals surface area contributed by atoms with Crippen molar-refractivity contribution in [1.82, 2.24) is 19.1 Å². The summed E-state index contributed by atoms with van der Waals surface area (Å²) in [7, 11) is 3.52. The monoisotopic (exact) mass is 396 g/mol. The Hall–Kier alpha value is -3.13. The number of aryl methyl sites for hydroxylation is 1. The van der Waals surface area contributed by atoms with E-state index >= 15 is 0 Å². The summed E-state index contributed by atoms with van der Waals surface area (Å²) < 4.78 is 13.5. The molecule has 0 spiro atoms. The molecule has 0 aliphatic carbocycles. The van der Waals surface area contributed by atoms with Crippen molar-refractivity contribution in [2.45, 2.75) is 26.4 Å². The maximum Gasteiger partial charge on any atom is 0.343 e. The van der Waals surface area contributed by atoms with Crippen LogP contribution in [0.5, 0.6) is 5.75 Å². The van der Waals surface area contributed by atoms with Gasteiger partial charge in [0.25, 0.3) is 5.56 Å². The molecule has 3 aromatic rings. The Bertz CT molecular complexity index is 1110. The summed E-state index contributed by atoms with van der Waals surface area (Å²) in [5.41, 5.74) is 3.45.